The van der Waals surface area contributed by atoms with E-state index in [4.69, 9.17) is 4.74 Å². The number of hydrogen-bond donors (Lipinski definition) is 1. The maximum atomic E-state index is 14.8. The Morgan fingerprint density at radius 2 is 1.56 bits per heavy atom. The van der Waals surface area contributed by atoms with Gasteiger partial charge in [-0.2, -0.15) is 0 Å². The van der Waals surface area contributed by atoms with Crippen molar-refractivity contribution in [1.29, 1.82) is 0 Å². The molecule has 1 fully saturated rings. The van der Waals surface area contributed by atoms with Gasteiger partial charge in [-0.3, -0.25) is 9.59 Å². The van der Waals surface area contributed by atoms with Crippen molar-refractivity contribution in [2.24, 2.45) is 0 Å². The minimum absolute atomic E-state index is 0.0417. The maximum absolute atomic E-state index is 14.8. The van der Waals surface area contributed by atoms with Crippen LogP contribution in [-0.4, -0.2) is 35.4 Å². The van der Waals surface area contributed by atoms with Gasteiger partial charge in [-0.15, -0.1) is 0 Å². The molecule has 4 aromatic carbocycles. The second kappa shape index (κ2) is 12.6. The molecule has 39 heavy (non-hydrogen) atoms. The molecular weight excluding hydrogens is 491 g/mol. The number of hydrogen-bond acceptors (Lipinski definition) is 3. The number of amides is 2. The molecule has 0 unspecified atom stereocenters. The fourth-order valence-electron chi connectivity index (χ4n) is 5.28. The Morgan fingerprint density at radius 1 is 0.872 bits per heavy atom. The van der Waals surface area contributed by atoms with E-state index in [0.717, 1.165) is 42.0 Å². The predicted molar refractivity (Wildman–Crippen MR) is 151 cm³/mol. The number of halogens is 1. The van der Waals surface area contributed by atoms with Crippen LogP contribution in [0.3, 0.4) is 0 Å². The first-order valence-corrected chi connectivity index (χ1v) is 13.6. The van der Waals surface area contributed by atoms with Crippen LogP contribution >= 0.6 is 0 Å². The van der Waals surface area contributed by atoms with E-state index >= 15 is 0 Å². The van der Waals surface area contributed by atoms with E-state index in [1.165, 1.54) is 11.0 Å². The van der Waals surface area contributed by atoms with Crippen molar-refractivity contribution in [3.8, 4) is 5.75 Å². The van der Waals surface area contributed by atoms with Crippen LogP contribution in [0.4, 0.5) is 4.39 Å². The quantitative estimate of drug-likeness (QED) is 0.275. The highest BCUT2D eigenvalue weighted by molar-refractivity contribution is 5.90. The van der Waals surface area contributed by atoms with Crippen molar-refractivity contribution in [3.05, 3.63) is 114 Å². The number of nitrogens with one attached hydrogen (secondary N) is 1. The van der Waals surface area contributed by atoms with Gasteiger partial charge in [0, 0.05) is 30.0 Å². The summed E-state index contributed by atoms with van der Waals surface area (Å²) in [7, 11) is 0. The topological polar surface area (TPSA) is 58.6 Å². The highest BCUT2D eigenvalue weighted by Gasteiger charge is 2.33. The summed E-state index contributed by atoms with van der Waals surface area (Å²) in [5.74, 6) is -0.434. The summed E-state index contributed by atoms with van der Waals surface area (Å²) in [5, 5.41) is 5.07. The smallest absolute Gasteiger partial charge is 0.261 e. The van der Waals surface area contributed by atoms with Crippen molar-refractivity contribution < 1.29 is 18.7 Å². The molecule has 2 amide bonds. The van der Waals surface area contributed by atoms with Crippen molar-refractivity contribution in [2.45, 2.75) is 50.7 Å². The lowest BCUT2D eigenvalue weighted by atomic mass is 10.0. The largest absolute Gasteiger partial charge is 0.483 e. The Kier molecular flexibility index (Phi) is 8.51. The molecule has 1 atom stereocenters. The number of carbonyl (C=O) groups is 2. The van der Waals surface area contributed by atoms with Gasteiger partial charge in [-0.1, -0.05) is 97.8 Å². The number of ether oxygens (including phenoxy) is 1. The molecule has 1 N–H and O–H groups in total. The SMILES string of the molecule is O=C(NC1CCCC1)[C@@H](Cc1ccccc1)N(Cc1ccccc1F)C(=O)COc1cccc2ccccc12. The summed E-state index contributed by atoms with van der Waals surface area (Å²) < 4.78 is 20.8. The number of benzene rings is 4. The zero-order chi connectivity index (χ0) is 27.0. The van der Waals surface area contributed by atoms with Gasteiger partial charge in [-0.05, 0) is 35.9 Å². The molecule has 5 rings (SSSR count). The van der Waals surface area contributed by atoms with Gasteiger partial charge in [0.05, 0.1) is 0 Å². The highest BCUT2D eigenvalue weighted by Crippen LogP contribution is 2.26. The molecular formula is C33H33FN2O3. The summed E-state index contributed by atoms with van der Waals surface area (Å²) in [4.78, 5) is 29.0. The third-order valence-corrected chi connectivity index (χ3v) is 7.37. The van der Waals surface area contributed by atoms with Gasteiger partial charge >= 0.3 is 0 Å². The molecule has 0 heterocycles. The van der Waals surface area contributed by atoms with E-state index in [1.807, 2.05) is 72.8 Å². The van der Waals surface area contributed by atoms with Gasteiger partial charge in [0.1, 0.15) is 17.6 Å². The third kappa shape index (κ3) is 6.63. The molecule has 200 valence electrons. The molecule has 0 bridgehead atoms. The summed E-state index contributed by atoms with van der Waals surface area (Å²) in [5.41, 5.74) is 1.27. The Morgan fingerprint density at radius 3 is 2.36 bits per heavy atom. The molecule has 0 radical (unpaired) electrons. The number of rotatable bonds is 10. The molecule has 0 aliphatic heterocycles. The average molecular weight is 525 g/mol. The summed E-state index contributed by atoms with van der Waals surface area (Å²) in [6, 6.07) is 28.7. The summed E-state index contributed by atoms with van der Waals surface area (Å²) >= 11 is 0. The van der Waals surface area contributed by atoms with E-state index in [0.29, 0.717) is 17.7 Å². The zero-order valence-electron chi connectivity index (χ0n) is 21.9. The van der Waals surface area contributed by atoms with Gasteiger partial charge in [0.2, 0.25) is 5.91 Å². The van der Waals surface area contributed by atoms with Crippen molar-refractivity contribution in [2.75, 3.05) is 6.61 Å². The van der Waals surface area contributed by atoms with E-state index < -0.39 is 11.9 Å². The molecule has 0 aromatic heterocycles. The standard InChI is InChI=1S/C33H33FN2O3/c34-29-19-9-5-14-26(29)22-36(32(37)23-39-31-20-10-15-25-13-4-8-18-28(25)31)30(21-24-11-2-1-3-12-24)33(38)35-27-16-6-7-17-27/h1-5,8-15,18-20,27,30H,6-7,16-17,21-23H2,(H,35,38)/t30-/m1/s1. The first-order chi connectivity index (χ1) is 19.1. The molecule has 0 saturated heterocycles. The van der Waals surface area contributed by atoms with Crippen LogP contribution in [0.1, 0.15) is 36.8 Å². The molecule has 1 aliphatic rings. The van der Waals surface area contributed by atoms with Crippen LogP contribution in [-0.2, 0) is 22.6 Å². The second-order valence-corrected chi connectivity index (χ2v) is 10.1. The van der Waals surface area contributed by atoms with Gasteiger partial charge < -0.3 is 15.0 Å². The van der Waals surface area contributed by atoms with Crippen LogP contribution < -0.4 is 10.1 Å². The lowest BCUT2D eigenvalue weighted by Gasteiger charge is -2.32. The molecule has 1 aliphatic carbocycles. The fourth-order valence-corrected chi connectivity index (χ4v) is 5.28. The minimum Gasteiger partial charge on any atom is -0.483 e. The summed E-state index contributed by atoms with van der Waals surface area (Å²) in [6.07, 6.45) is 4.31. The predicted octanol–water partition coefficient (Wildman–Crippen LogP) is 6.06. The second-order valence-electron chi connectivity index (χ2n) is 10.1. The van der Waals surface area contributed by atoms with Crippen molar-refractivity contribution >= 4 is 22.6 Å². The number of fused-ring (bicyclic) bond motifs is 1. The van der Waals surface area contributed by atoms with E-state index in [9.17, 15) is 14.0 Å². The summed E-state index contributed by atoms with van der Waals surface area (Å²) in [6.45, 7) is -0.315. The maximum Gasteiger partial charge on any atom is 0.261 e. The zero-order valence-corrected chi connectivity index (χ0v) is 21.9. The van der Waals surface area contributed by atoms with E-state index in [-0.39, 0.29) is 31.0 Å². The normalized spacial score (nSPS) is 14.2. The van der Waals surface area contributed by atoms with E-state index in [2.05, 4.69) is 5.32 Å². The number of carbonyl (C=O) groups excluding carboxylic acids is 2. The molecule has 0 spiro atoms. The first-order valence-electron chi connectivity index (χ1n) is 13.6. The van der Waals surface area contributed by atoms with Crippen molar-refractivity contribution in [1.82, 2.24) is 10.2 Å². The number of nitrogens with zero attached hydrogens (tertiary/aromatic N) is 1. The molecule has 4 aromatic rings. The van der Waals surface area contributed by atoms with Crippen LogP contribution in [0.5, 0.6) is 5.75 Å². The Hall–Kier alpha value is -4.19. The Labute approximate surface area is 228 Å². The minimum atomic E-state index is -0.823. The van der Waals surface area contributed by atoms with E-state index in [1.54, 1.807) is 18.2 Å². The highest BCUT2D eigenvalue weighted by atomic mass is 19.1. The molecule has 1 saturated carbocycles. The first kappa shape index (κ1) is 26.4. The Balaban J connectivity index is 1.44. The molecule has 5 nitrogen and oxygen atoms in total. The van der Waals surface area contributed by atoms with Crippen LogP contribution in [0.2, 0.25) is 0 Å². The average Bonchev–Trinajstić information content (AvgIpc) is 3.48. The lowest BCUT2D eigenvalue weighted by molar-refractivity contribution is -0.143. The van der Waals surface area contributed by atoms with Crippen molar-refractivity contribution in [3.63, 3.8) is 0 Å². The molecule has 6 heteroatoms. The van der Waals surface area contributed by atoms with Crippen LogP contribution in [0, 0.1) is 5.82 Å². The lowest BCUT2D eigenvalue weighted by Crippen LogP contribution is -2.53. The monoisotopic (exact) mass is 524 g/mol. The van der Waals surface area contributed by atoms with Gasteiger partial charge in [0.25, 0.3) is 5.91 Å². The Bertz CT molecular complexity index is 1410. The van der Waals surface area contributed by atoms with Gasteiger partial charge in [0.15, 0.2) is 6.61 Å². The third-order valence-electron chi connectivity index (χ3n) is 7.37. The van der Waals surface area contributed by atoms with Crippen LogP contribution in [0.25, 0.3) is 10.8 Å². The van der Waals surface area contributed by atoms with Crippen LogP contribution in [0.15, 0.2) is 97.1 Å². The van der Waals surface area contributed by atoms with Gasteiger partial charge in [-0.25, -0.2) is 4.39 Å². The fraction of sp³-hybridized carbons (Fsp3) is 0.273.